The Morgan fingerprint density at radius 1 is 1.04 bits per heavy atom. The highest BCUT2D eigenvalue weighted by atomic mass is 16.5. The zero-order chi connectivity index (χ0) is 19.3. The number of aryl methyl sites for hydroxylation is 1. The first kappa shape index (κ1) is 17.7. The monoisotopic (exact) mass is 368 g/mol. The largest absolute Gasteiger partial charge is 0.486 e. The van der Waals surface area contributed by atoms with E-state index in [1.54, 1.807) is 24.4 Å². The molecule has 4 rings (SSSR count). The summed E-state index contributed by atoms with van der Waals surface area (Å²) < 4.78 is 7.64. The topological polar surface area (TPSA) is 44.1 Å². The summed E-state index contributed by atoms with van der Waals surface area (Å²) >= 11 is 0. The lowest BCUT2D eigenvalue weighted by molar-refractivity contribution is 0.104. The van der Waals surface area contributed by atoms with Gasteiger partial charge in [-0.2, -0.15) is 0 Å². The standard InChI is InChI=1S/C24H20N2O2/c1-26-16-15-25-24(26)17-28-21-12-9-20(10-13-21)23(27)14-11-19-7-4-6-18-5-2-3-8-22(18)19/h2-16H,17H2,1H3/b14-11+. The molecule has 0 saturated carbocycles. The van der Waals surface area contributed by atoms with Crippen LogP contribution in [0.25, 0.3) is 16.8 Å². The van der Waals surface area contributed by atoms with E-state index in [9.17, 15) is 4.79 Å². The number of allylic oxidation sites excluding steroid dienone is 1. The van der Waals surface area contributed by atoms with Crippen molar-refractivity contribution in [2.45, 2.75) is 6.61 Å². The molecule has 0 spiro atoms. The van der Waals surface area contributed by atoms with Gasteiger partial charge in [0.15, 0.2) is 5.78 Å². The van der Waals surface area contributed by atoms with Crippen LogP contribution in [0, 0.1) is 0 Å². The lowest BCUT2D eigenvalue weighted by atomic mass is 10.0. The van der Waals surface area contributed by atoms with E-state index < -0.39 is 0 Å². The normalized spacial score (nSPS) is 11.2. The molecule has 0 amide bonds. The average Bonchev–Trinajstić information content (AvgIpc) is 3.15. The molecular formula is C24H20N2O2. The van der Waals surface area contributed by atoms with E-state index in [1.807, 2.05) is 60.3 Å². The van der Waals surface area contributed by atoms with Crippen molar-refractivity contribution in [1.29, 1.82) is 0 Å². The second kappa shape index (κ2) is 7.92. The fourth-order valence-corrected chi connectivity index (χ4v) is 3.06. The number of benzene rings is 3. The average molecular weight is 368 g/mol. The fraction of sp³-hybridized carbons (Fsp3) is 0.0833. The lowest BCUT2D eigenvalue weighted by Gasteiger charge is -2.06. The molecule has 0 bridgehead atoms. The van der Waals surface area contributed by atoms with Crippen molar-refractivity contribution in [3.05, 3.63) is 102 Å². The maximum atomic E-state index is 12.5. The van der Waals surface area contributed by atoms with Gasteiger partial charge in [0.1, 0.15) is 18.2 Å². The van der Waals surface area contributed by atoms with E-state index >= 15 is 0 Å². The van der Waals surface area contributed by atoms with Gasteiger partial charge in [-0.05, 0) is 46.7 Å². The molecule has 28 heavy (non-hydrogen) atoms. The van der Waals surface area contributed by atoms with Crippen LogP contribution >= 0.6 is 0 Å². The van der Waals surface area contributed by atoms with Crippen molar-refractivity contribution < 1.29 is 9.53 Å². The van der Waals surface area contributed by atoms with Gasteiger partial charge in [-0.3, -0.25) is 4.79 Å². The number of rotatable bonds is 6. The number of ether oxygens (including phenoxy) is 1. The number of aromatic nitrogens is 2. The van der Waals surface area contributed by atoms with Crippen molar-refractivity contribution >= 4 is 22.6 Å². The van der Waals surface area contributed by atoms with Crippen LogP contribution in [0.1, 0.15) is 21.7 Å². The third-order valence-electron chi connectivity index (χ3n) is 4.67. The van der Waals surface area contributed by atoms with Crippen LogP contribution in [-0.2, 0) is 13.7 Å². The Balaban J connectivity index is 1.44. The molecule has 0 atom stereocenters. The first-order chi connectivity index (χ1) is 13.7. The second-order valence-corrected chi connectivity index (χ2v) is 6.53. The SMILES string of the molecule is Cn1ccnc1COc1ccc(C(=O)/C=C/c2cccc3ccccc23)cc1. The minimum Gasteiger partial charge on any atom is -0.486 e. The molecule has 0 unspecified atom stereocenters. The zero-order valence-electron chi connectivity index (χ0n) is 15.6. The molecule has 4 nitrogen and oxygen atoms in total. The van der Waals surface area contributed by atoms with E-state index in [1.165, 1.54) is 0 Å². The number of ketones is 1. The molecule has 3 aromatic carbocycles. The van der Waals surface area contributed by atoms with Gasteiger partial charge < -0.3 is 9.30 Å². The van der Waals surface area contributed by atoms with Crippen LogP contribution in [0.3, 0.4) is 0 Å². The third-order valence-corrected chi connectivity index (χ3v) is 4.67. The Kier molecular flexibility index (Phi) is 5.02. The smallest absolute Gasteiger partial charge is 0.185 e. The van der Waals surface area contributed by atoms with Crippen molar-refractivity contribution in [1.82, 2.24) is 9.55 Å². The van der Waals surface area contributed by atoms with Gasteiger partial charge in [0.2, 0.25) is 0 Å². The van der Waals surface area contributed by atoms with Crippen molar-refractivity contribution in [2.75, 3.05) is 0 Å². The highest BCUT2D eigenvalue weighted by molar-refractivity contribution is 6.07. The van der Waals surface area contributed by atoms with Crippen molar-refractivity contribution in [3.8, 4) is 5.75 Å². The second-order valence-electron chi connectivity index (χ2n) is 6.53. The molecule has 0 aliphatic rings. The van der Waals surface area contributed by atoms with Gasteiger partial charge in [-0.1, -0.05) is 48.5 Å². The van der Waals surface area contributed by atoms with E-state index in [0.29, 0.717) is 17.9 Å². The summed E-state index contributed by atoms with van der Waals surface area (Å²) in [5.74, 6) is 1.51. The van der Waals surface area contributed by atoms with Crippen LogP contribution in [0.5, 0.6) is 5.75 Å². The van der Waals surface area contributed by atoms with Gasteiger partial charge in [0.05, 0.1) is 0 Å². The van der Waals surface area contributed by atoms with E-state index in [2.05, 4.69) is 23.2 Å². The number of fused-ring (bicyclic) bond motifs is 1. The summed E-state index contributed by atoms with van der Waals surface area (Å²) in [6, 6.07) is 21.4. The third kappa shape index (κ3) is 3.86. The van der Waals surface area contributed by atoms with E-state index in [4.69, 9.17) is 4.74 Å². The molecule has 138 valence electrons. The molecule has 0 N–H and O–H groups in total. The lowest BCUT2D eigenvalue weighted by Crippen LogP contribution is -2.03. The molecule has 0 aliphatic carbocycles. The minimum atomic E-state index is -0.0383. The summed E-state index contributed by atoms with van der Waals surface area (Å²) in [5.41, 5.74) is 1.65. The van der Waals surface area contributed by atoms with Crippen LogP contribution in [0.4, 0.5) is 0 Å². The van der Waals surface area contributed by atoms with Gasteiger partial charge in [-0.15, -0.1) is 0 Å². The van der Waals surface area contributed by atoms with Crippen LogP contribution in [-0.4, -0.2) is 15.3 Å². The summed E-state index contributed by atoms with van der Waals surface area (Å²) in [6.07, 6.45) is 7.10. The molecule has 1 heterocycles. The number of hydrogen-bond acceptors (Lipinski definition) is 3. The number of carbonyl (C=O) groups excluding carboxylic acids is 1. The molecular weight excluding hydrogens is 348 g/mol. The first-order valence-corrected chi connectivity index (χ1v) is 9.10. The van der Waals surface area contributed by atoms with Crippen molar-refractivity contribution in [3.63, 3.8) is 0 Å². The molecule has 0 radical (unpaired) electrons. The van der Waals surface area contributed by atoms with E-state index in [0.717, 1.165) is 22.2 Å². The van der Waals surface area contributed by atoms with Gasteiger partial charge in [-0.25, -0.2) is 4.98 Å². The Bertz CT molecular complexity index is 1140. The van der Waals surface area contributed by atoms with Gasteiger partial charge >= 0.3 is 0 Å². The van der Waals surface area contributed by atoms with Gasteiger partial charge in [0.25, 0.3) is 0 Å². The predicted octanol–water partition coefficient (Wildman–Crippen LogP) is 5.05. The molecule has 0 saturated heterocycles. The highest BCUT2D eigenvalue weighted by Crippen LogP contribution is 2.20. The molecule has 4 aromatic rings. The zero-order valence-corrected chi connectivity index (χ0v) is 15.6. The molecule has 0 aliphatic heterocycles. The number of hydrogen-bond donors (Lipinski definition) is 0. The predicted molar refractivity (Wildman–Crippen MR) is 111 cm³/mol. The van der Waals surface area contributed by atoms with Crippen LogP contribution in [0.2, 0.25) is 0 Å². The Morgan fingerprint density at radius 3 is 2.61 bits per heavy atom. The first-order valence-electron chi connectivity index (χ1n) is 9.10. The summed E-state index contributed by atoms with van der Waals surface area (Å²) in [7, 11) is 1.93. The van der Waals surface area contributed by atoms with Crippen LogP contribution < -0.4 is 4.74 Å². The molecule has 4 heteroatoms. The quantitative estimate of drug-likeness (QED) is 0.353. The fourth-order valence-electron chi connectivity index (χ4n) is 3.06. The summed E-state index contributed by atoms with van der Waals surface area (Å²) in [5, 5.41) is 2.29. The maximum Gasteiger partial charge on any atom is 0.185 e. The molecule has 1 aromatic heterocycles. The summed E-state index contributed by atoms with van der Waals surface area (Å²) in [4.78, 5) is 16.7. The van der Waals surface area contributed by atoms with E-state index in [-0.39, 0.29) is 5.78 Å². The number of carbonyl (C=O) groups is 1. The van der Waals surface area contributed by atoms with Crippen LogP contribution in [0.15, 0.2) is 85.2 Å². The Morgan fingerprint density at radius 2 is 1.82 bits per heavy atom. The number of imidazole rings is 1. The van der Waals surface area contributed by atoms with Crippen molar-refractivity contribution in [2.24, 2.45) is 7.05 Å². The minimum absolute atomic E-state index is 0.0383. The number of nitrogens with zero attached hydrogens (tertiary/aromatic N) is 2. The molecule has 0 fully saturated rings. The summed E-state index contributed by atoms with van der Waals surface area (Å²) in [6.45, 7) is 0.387. The Labute approximate surface area is 163 Å². The Hall–Kier alpha value is -3.66. The van der Waals surface area contributed by atoms with Gasteiger partial charge in [0, 0.05) is 25.0 Å². The highest BCUT2D eigenvalue weighted by Gasteiger charge is 2.05. The maximum absolute atomic E-state index is 12.5.